The van der Waals surface area contributed by atoms with Crippen LogP contribution in [0, 0.1) is 0 Å². The van der Waals surface area contributed by atoms with Gasteiger partial charge in [0.2, 0.25) is 0 Å². The maximum atomic E-state index is 2.52. The Morgan fingerprint density at radius 3 is 1.72 bits per heavy atom. The van der Waals surface area contributed by atoms with Crippen molar-refractivity contribution in [2.45, 2.75) is 37.5 Å². The lowest BCUT2D eigenvalue weighted by Gasteiger charge is -2.32. The van der Waals surface area contributed by atoms with Crippen molar-refractivity contribution in [1.82, 2.24) is 0 Å². The third-order valence-electron chi connectivity index (χ3n) is 15.1. The second-order valence-corrected chi connectivity index (χ2v) is 18.7. The Bertz CT molecular complexity index is 3530. The molecular formula is C64H47N. The Balaban J connectivity index is 0.992. The van der Waals surface area contributed by atoms with Crippen molar-refractivity contribution in [1.29, 1.82) is 0 Å². The van der Waals surface area contributed by atoms with Crippen LogP contribution in [-0.4, -0.2) is 0 Å². The Morgan fingerprint density at radius 2 is 0.908 bits per heavy atom. The summed E-state index contributed by atoms with van der Waals surface area (Å²) in [5.41, 5.74) is 24.5. The second kappa shape index (κ2) is 14.4. The summed E-state index contributed by atoms with van der Waals surface area (Å²) >= 11 is 0. The van der Waals surface area contributed by atoms with E-state index in [1.165, 1.54) is 99.8 Å². The van der Waals surface area contributed by atoms with Gasteiger partial charge in [-0.25, -0.2) is 0 Å². The number of benzene rings is 10. The van der Waals surface area contributed by atoms with Gasteiger partial charge in [0.25, 0.3) is 0 Å². The number of fused-ring (bicyclic) bond motifs is 11. The first-order valence-corrected chi connectivity index (χ1v) is 23.1. The average Bonchev–Trinajstić information content (AvgIpc) is 3.97. The van der Waals surface area contributed by atoms with Gasteiger partial charge in [0.15, 0.2) is 0 Å². The van der Waals surface area contributed by atoms with Crippen molar-refractivity contribution in [3.63, 3.8) is 0 Å². The fourth-order valence-electron chi connectivity index (χ4n) is 12.3. The molecule has 1 nitrogen and oxygen atoms in total. The summed E-state index contributed by atoms with van der Waals surface area (Å²) in [7, 11) is 0. The monoisotopic (exact) mass is 829 g/mol. The lowest BCUT2D eigenvalue weighted by molar-refractivity contribution is 0.626. The van der Waals surface area contributed by atoms with Crippen LogP contribution in [-0.2, 0) is 17.3 Å². The zero-order valence-corrected chi connectivity index (χ0v) is 36.7. The molecule has 1 unspecified atom stereocenters. The topological polar surface area (TPSA) is 3.24 Å². The number of nitrogens with zero attached hydrogens (tertiary/aromatic N) is 1. The first-order chi connectivity index (χ1) is 32.0. The molecule has 0 saturated carbocycles. The smallest absolute Gasteiger partial charge is 0.0540 e. The lowest BCUT2D eigenvalue weighted by atomic mass is 9.73. The van der Waals surface area contributed by atoms with E-state index in [1.807, 2.05) is 0 Å². The van der Waals surface area contributed by atoms with Gasteiger partial charge in [-0.3, -0.25) is 0 Å². The minimum absolute atomic E-state index is 0.117. The maximum absolute atomic E-state index is 2.52. The summed E-state index contributed by atoms with van der Waals surface area (Å²) < 4.78 is 0. The van der Waals surface area contributed by atoms with Crippen LogP contribution in [0.2, 0.25) is 0 Å². The van der Waals surface area contributed by atoms with E-state index in [4.69, 9.17) is 0 Å². The molecule has 1 heteroatoms. The fraction of sp³-hybridized carbons (Fsp3) is 0.0938. The number of hydrogen-bond donors (Lipinski definition) is 0. The summed E-state index contributed by atoms with van der Waals surface area (Å²) in [4.78, 5) is 2.51. The van der Waals surface area contributed by atoms with Crippen molar-refractivity contribution in [2.24, 2.45) is 0 Å². The highest BCUT2D eigenvalue weighted by atomic mass is 15.1. The highest BCUT2D eigenvalue weighted by molar-refractivity contribution is 6.02. The van der Waals surface area contributed by atoms with Gasteiger partial charge in [0.1, 0.15) is 0 Å². The third-order valence-corrected chi connectivity index (χ3v) is 15.1. The van der Waals surface area contributed by atoms with Gasteiger partial charge < -0.3 is 4.90 Å². The Morgan fingerprint density at radius 1 is 0.369 bits per heavy atom. The fourth-order valence-corrected chi connectivity index (χ4v) is 12.3. The number of anilines is 3. The molecule has 0 aliphatic heterocycles. The van der Waals surface area contributed by atoms with Crippen molar-refractivity contribution in [2.75, 3.05) is 4.90 Å². The van der Waals surface area contributed by atoms with Crippen LogP contribution in [0.15, 0.2) is 224 Å². The molecule has 0 saturated heterocycles. The van der Waals surface area contributed by atoms with Gasteiger partial charge in [0.05, 0.1) is 5.69 Å². The average molecular weight is 830 g/mol. The molecule has 1 spiro atoms. The van der Waals surface area contributed by atoms with E-state index >= 15 is 0 Å². The molecule has 65 heavy (non-hydrogen) atoms. The Labute approximate surface area is 382 Å². The van der Waals surface area contributed by atoms with E-state index in [2.05, 4.69) is 243 Å². The number of hydrogen-bond acceptors (Lipinski definition) is 1. The minimum Gasteiger partial charge on any atom is -0.310 e. The van der Waals surface area contributed by atoms with E-state index < -0.39 is 0 Å². The summed E-state index contributed by atoms with van der Waals surface area (Å²) in [5, 5.41) is 2.49. The molecule has 0 bridgehead atoms. The second-order valence-electron chi connectivity index (χ2n) is 18.7. The van der Waals surface area contributed by atoms with Gasteiger partial charge in [-0.15, -0.1) is 0 Å². The third kappa shape index (κ3) is 5.52. The van der Waals surface area contributed by atoms with Crippen LogP contribution in [0.25, 0.3) is 66.4 Å². The molecule has 10 aromatic rings. The van der Waals surface area contributed by atoms with Crippen LogP contribution < -0.4 is 4.90 Å². The summed E-state index contributed by atoms with van der Waals surface area (Å²) in [6.45, 7) is 4.77. The van der Waals surface area contributed by atoms with Crippen LogP contribution in [0.3, 0.4) is 0 Å². The van der Waals surface area contributed by atoms with Gasteiger partial charge in [0, 0.05) is 27.8 Å². The lowest BCUT2D eigenvalue weighted by Crippen LogP contribution is -2.24. The zero-order chi connectivity index (χ0) is 43.3. The van der Waals surface area contributed by atoms with Gasteiger partial charge in [-0.2, -0.15) is 0 Å². The van der Waals surface area contributed by atoms with Gasteiger partial charge in [-0.1, -0.05) is 208 Å². The highest BCUT2D eigenvalue weighted by Crippen LogP contribution is 2.60. The molecular weight excluding hydrogens is 783 g/mol. The normalized spacial score (nSPS) is 15.9. The summed E-state index contributed by atoms with van der Waals surface area (Å²) in [6.07, 6.45) is 2.13. The first kappa shape index (κ1) is 37.8. The van der Waals surface area contributed by atoms with Crippen molar-refractivity contribution in [3.8, 4) is 55.6 Å². The number of rotatable bonds is 6. The summed E-state index contributed by atoms with van der Waals surface area (Å²) in [6, 6.07) is 84.1. The van der Waals surface area contributed by atoms with E-state index in [9.17, 15) is 0 Å². The van der Waals surface area contributed by atoms with E-state index in [1.54, 1.807) is 0 Å². The van der Waals surface area contributed by atoms with Crippen molar-refractivity contribution >= 4 is 27.8 Å². The molecule has 1 atom stereocenters. The molecule has 13 rings (SSSR count). The molecule has 0 N–H and O–H groups in total. The molecule has 3 aliphatic rings. The SMILES string of the molecule is CC1(C)c2ccccc2-c2cccc(-c3ccccc3-c3ccc(N(c4ccc5c(c4)C4(CCc6ccccc64)c4ccccc4-5)c4ccccc4-c4cccc5ccccc45)cc3)c21. The predicted octanol–water partition coefficient (Wildman–Crippen LogP) is 16.9. The molecule has 0 amide bonds. The molecule has 0 radical (unpaired) electrons. The van der Waals surface area contributed by atoms with E-state index in [0.717, 1.165) is 29.9 Å². The van der Waals surface area contributed by atoms with Crippen molar-refractivity contribution < 1.29 is 0 Å². The van der Waals surface area contributed by atoms with E-state index in [-0.39, 0.29) is 10.8 Å². The Hall–Kier alpha value is -7.74. The Kier molecular flexibility index (Phi) is 8.37. The quantitative estimate of drug-likeness (QED) is 0.161. The number of aryl methyl sites for hydroxylation is 1. The van der Waals surface area contributed by atoms with Crippen LogP contribution in [0.1, 0.15) is 53.6 Å². The van der Waals surface area contributed by atoms with E-state index in [0.29, 0.717) is 0 Å². The molecule has 0 heterocycles. The zero-order valence-electron chi connectivity index (χ0n) is 36.7. The van der Waals surface area contributed by atoms with Gasteiger partial charge in [-0.05, 0) is 137 Å². The summed E-state index contributed by atoms with van der Waals surface area (Å²) in [5.74, 6) is 0. The molecule has 10 aromatic carbocycles. The predicted molar refractivity (Wildman–Crippen MR) is 273 cm³/mol. The maximum Gasteiger partial charge on any atom is 0.0540 e. The number of para-hydroxylation sites is 1. The molecule has 308 valence electrons. The van der Waals surface area contributed by atoms with Crippen molar-refractivity contribution in [3.05, 3.63) is 258 Å². The van der Waals surface area contributed by atoms with Gasteiger partial charge >= 0.3 is 0 Å². The van der Waals surface area contributed by atoms with Crippen LogP contribution >= 0.6 is 0 Å². The van der Waals surface area contributed by atoms with Crippen LogP contribution in [0.5, 0.6) is 0 Å². The first-order valence-electron chi connectivity index (χ1n) is 23.1. The van der Waals surface area contributed by atoms with Crippen LogP contribution in [0.4, 0.5) is 17.1 Å². The molecule has 0 fully saturated rings. The largest absolute Gasteiger partial charge is 0.310 e. The molecule has 0 aromatic heterocycles. The highest BCUT2D eigenvalue weighted by Gasteiger charge is 2.48. The standard InChI is InChI=1S/C64H47N/c1-63(2)58-30-12-8-24-52(58)56-28-16-27-55(62(56)63)50-22-7-6-21-48(50)43-33-35-45(36-34-43)65(61-32-14-10-25-54(61)49-26-15-19-42-17-3-5-20-47(42)49)46-37-38-53-51-23-9-13-31-59(51)64(60(53)41-46)40-39-44-18-4-11-29-57(44)64/h3-38,41H,39-40H2,1-2H3. The minimum atomic E-state index is -0.194. The molecule has 3 aliphatic carbocycles.